The van der Waals surface area contributed by atoms with Gasteiger partial charge in [0.25, 0.3) is 17.3 Å². The highest BCUT2D eigenvalue weighted by atomic mass is 16.6. The van der Waals surface area contributed by atoms with Gasteiger partial charge in [-0.25, -0.2) is 4.79 Å². The highest BCUT2D eigenvalue weighted by Gasteiger charge is 2.17. The van der Waals surface area contributed by atoms with E-state index in [9.17, 15) is 19.7 Å². The number of aryl methyl sites for hydroxylation is 2. The number of aromatic nitrogens is 4. The fraction of sp³-hybridized carbons (Fsp3) is 0.312. The Hall–Kier alpha value is -3.63. The first-order chi connectivity index (χ1) is 12.8. The quantitative estimate of drug-likeness (QED) is 0.346. The second kappa shape index (κ2) is 6.94. The fourth-order valence-corrected chi connectivity index (χ4v) is 2.58. The number of non-ortho nitro benzene ring substituents is 1. The maximum atomic E-state index is 12.3. The zero-order valence-corrected chi connectivity index (χ0v) is 14.9. The van der Waals surface area contributed by atoms with Crippen molar-refractivity contribution in [2.24, 2.45) is 21.1 Å². The number of imidazole rings is 1. The summed E-state index contributed by atoms with van der Waals surface area (Å²) in [5.41, 5.74) is -0.466. The van der Waals surface area contributed by atoms with Crippen molar-refractivity contribution in [2.45, 2.75) is 0 Å². The van der Waals surface area contributed by atoms with Crippen LogP contribution in [-0.2, 0) is 21.1 Å². The Kier molecular flexibility index (Phi) is 4.67. The molecule has 0 amide bonds. The third kappa shape index (κ3) is 3.26. The lowest BCUT2D eigenvalue weighted by atomic mass is 10.3. The molecular weight excluding hydrogens is 358 g/mol. The zero-order valence-electron chi connectivity index (χ0n) is 14.9. The second-order valence-corrected chi connectivity index (χ2v) is 5.78. The van der Waals surface area contributed by atoms with E-state index >= 15 is 0 Å². The van der Waals surface area contributed by atoms with Crippen LogP contribution in [0.1, 0.15) is 0 Å². The average molecular weight is 375 g/mol. The average Bonchev–Trinajstić information content (AvgIpc) is 2.99. The Morgan fingerprint density at radius 3 is 2.26 bits per heavy atom. The molecule has 0 aliphatic rings. The van der Waals surface area contributed by atoms with Crippen LogP contribution in [0.25, 0.3) is 11.2 Å². The van der Waals surface area contributed by atoms with E-state index in [4.69, 9.17) is 9.47 Å². The Bertz CT molecular complexity index is 1130. The number of benzene rings is 1. The molecule has 11 heteroatoms. The van der Waals surface area contributed by atoms with Crippen molar-refractivity contribution >= 4 is 16.9 Å². The van der Waals surface area contributed by atoms with Crippen LogP contribution in [0.5, 0.6) is 11.8 Å². The van der Waals surface area contributed by atoms with Crippen molar-refractivity contribution < 1.29 is 14.4 Å². The van der Waals surface area contributed by atoms with Crippen LogP contribution in [0.2, 0.25) is 0 Å². The van der Waals surface area contributed by atoms with Crippen molar-refractivity contribution in [3.05, 3.63) is 55.2 Å². The molecule has 27 heavy (non-hydrogen) atoms. The molecule has 0 unspecified atom stereocenters. The van der Waals surface area contributed by atoms with Gasteiger partial charge in [-0.05, 0) is 12.1 Å². The Morgan fingerprint density at radius 2 is 1.63 bits per heavy atom. The first-order valence-corrected chi connectivity index (χ1v) is 7.93. The number of ether oxygens (including phenoxy) is 2. The lowest BCUT2D eigenvalue weighted by Gasteiger charge is -2.07. The zero-order chi connectivity index (χ0) is 19.7. The van der Waals surface area contributed by atoms with E-state index in [1.807, 2.05) is 0 Å². The van der Waals surface area contributed by atoms with E-state index in [1.54, 1.807) is 7.05 Å². The summed E-state index contributed by atoms with van der Waals surface area (Å²) in [6.45, 7) is 0.292. The highest BCUT2D eigenvalue weighted by molar-refractivity contribution is 5.71. The fourth-order valence-electron chi connectivity index (χ4n) is 2.58. The summed E-state index contributed by atoms with van der Waals surface area (Å²) in [6.07, 6.45) is 0. The summed E-state index contributed by atoms with van der Waals surface area (Å²) >= 11 is 0. The molecule has 0 fully saturated rings. The first-order valence-electron chi connectivity index (χ1n) is 7.93. The minimum Gasteiger partial charge on any atom is -0.490 e. The van der Waals surface area contributed by atoms with Gasteiger partial charge in [0.15, 0.2) is 11.2 Å². The molecule has 0 aliphatic carbocycles. The van der Waals surface area contributed by atoms with Crippen LogP contribution in [0.3, 0.4) is 0 Å². The van der Waals surface area contributed by atoms with Crippen molar-refractivity contribution in [3.8, 4) is 11.8 Å². The molecule has 0 radical (unpaired) electrons. The highest BCUT2D eigenvalue weighted by Crippen LogP contribution is 2.18. The van der Waals surface area contributed by atoms with E-state index in [-0.39, 0.29) is 36.1 Å². The number of nitro groups is 1. The smallest absolute Gasteiger partial charge is 0.332 e. The van der Waals surface area contributed by atoms with Crippen LogP contribution in [0.4, 0.5) is 5.69 Å². The Labute approximate surface area is 152 Å². The molecule has 0 bridgehead atoms. The monoisotopic (exact) mass is 375 g/mol. The number of hydrogen-bond acceptors (Lipinski definition) is 7. The molecule has 2 aromatic heterocycles. The number of nitro benzene ring substituents is 1. The number of fused-ring (bicyclic) bond motifs is 1. The molecule has 0 N–H and O–H groups in total. The molecule has 142 valence electrons. The minimum atomic E-state index is -0.490. The van der Waals surface area contributed by atoms with Crippen LogP contribution in [0.15, 0.2) is 33.9 Å². The predicted octanol–water partition coefficient (Wildman–Crippen LogP) is 0.337. The molecule has 0 saturated carbocycles. The summed E-state index contributed by atoms with van der Waals surface area (Å²) in [7, 11) is 4.54. The lowest BCUT2D eigenvalue weighted by molar-refractivity contribution is -0.384. The van der Waals surface area contributed by atoms with Gasteiger partial charge in [0.1, 0.15) is 19.0 Å². The normalized spacial score (nSPS) is 10.9. The van der Waals surface area contributed by atoms with Gasteiger partial charge >= 0.3 is 5.69 Å². The van der Waals surface area contributed by atoms with Crippen LogP contribution < -0.4 is 20.7 Å². The minimum absolute atomic E-state index is 0.0227. The molecule has 0 aliphatic heterocycles. The Balaban J connectivity index is 1.71. The van der Waals surface area contributed by atoms with Crippen molar-refractivity contribution in [1.29, 1.82) is 0 Å². The van der Waals surface area contributed by atoms with E-state index in [0.717, 1.165) is 4.57 Å². The molecule has 11 nitrogen and oxygen atoms in total. The van der Waals surface area contributed by atoms with E-state index in [2.05, 4.69) is 4.98 Å². The molecule has 3 rings (SSSR count). The van der Waals surface area contributed by atoms with Crippen LogP contribution in [0, 0.1) is 10.1 Å². The number of rotatable bonds is 6. The summed E-state index contributed by atoms with van der Waals surface area (Å²) in [4.78, 5) is 38.6. The van der Waals surface area contributed by atoms with E-state index in [0.29, 0.717) is 5.75 Å². The van der Waals surface area contributed by atoms with Gasteiger partial charge in [0, 0.05) is 33.3 Å². The summed E-state index contributed by atoms with van der Waals surface area (Å²) < 4.78 is 14.8. The van der Waals surface area contributed by atoms with Crippen molar-refractivity contribution in [3.63, 3.8) is 0 Å². The van der Waals surface area contributed by atoms with Gasteiger partial charge < -0.3 is 9.47 Å². The second-order valence-electron chi connectivity index (χ2n) is 5.78. The van der Waals surface area contributed by atoms with Crippen LogP contribution >= 0.6 is 0 Å². The SMILES string of the molecule is Cn1c(=O)c2c(nc(OCCOc3ccc([N+](=O)[O-])cc3)n2C)n(C)c1=O. The van der Waals surface area contributed by atoms with Gasteiger partial charge in [-0.1, -0.05) is 0 Å². The molecule has 3 aromatic rings. The molecule has 0 atom stereocenters. The third-order valence-electron chi connectivity index (χ3n) is 4.07. The maximum Gasteiger partial charge on any atom is 0.332 e. The summed E-state index contributed by atoms with van der Waals surface area (Å²) in [6, 6.07) is 5.85. The summed E-state index contributed by atoms with van der Waals surface area (Å²) in [5.74, 6) is 0.463. The van der Waals surface area contributed by atoms with Crippen molar-refractivity contribution in [1.82, 2.24) is 18.7 Å². The third-order valence-corrected chi connectivity index (χ3v) is 4.07. The number of hydrogen-bond donors (Lipinski definition) is 0. The van der Waals surface area contributed by atoms with Gasteiger partial charge in [-0.2, -0.15) is 4.98 Å². The predicted molar refractivity (Wildman–Crippen MR) is 95.3 cm³/mol. The topological polar surface area (TPSA) is 123 Å². The van der Waals surface area contributed by atoms with E-state index in [1.165, 1.54) is 47.5 Å². The van der Waals surface area contributed by atoms with Gasteiger partial charge in [0.05, 0.1) is 4.92 Å². The molecule has 2 heterocycles. The van der Waals surface area contributed by atoms with Gasteiger partial charge in [-0.3, -0.25) is 28.6 Å². The Morgan fingerprint density at radius 1 is 1.00 bits per heavy atom. The molecule has 1 aromatic carbocycles. The largest absolute Gasteiger partial charge is 0.490 e. The maximum absolute atomic E-state index is 12.3. The molecular formula is C16H17N5O6. The standard InChI is InChI=1S/C16H17N5O6/c1-18-12-13(19(2)16(23)20(3)14(12)22)17-15(18)27-9-8-26-11-6-4-10(5-7-11)21(24)25/h4-7H,8-9H2,1-3H3. The van der Waals surface area contributed by atoms with Gasteiger partial charge in [-0.15, -0.1) is 0 Å². The van der Waals surface area contributed by atoms with Crippen molar-refractivity contribution in [2.75, 3.05) is 13.2 Å². The van der Waals surface area contributed by atoms with E-state index < -0.39 is 16.2 Å². The molecule has 0 saturated heterocycles. The van der Waals surface area contributed by atoms with Crippen LogP contribution in [-0.4, -0.2) is 36.8 Å². The summed E-state index contributed by atoms with van der Waals surface area (Å²) in [5, 5.41) is 10.6. The van der Waals surface area contributed by atoms with Gasteiger partial charge in [0.2, 0.25) is 0 Å². The lowest BCUT2D eigenvalue weighted by Crippen LogP contribution is -2.37. The number of nitrogens with zero attached hydrogens (tertiary/aromatic N) is 5. The first kappa shape index (κ1) is 18.2. The molecule has 0 spiro atoms.